The summed E-state index contributed by atoms with van der Waals surface area (Å²) in [5.74, 6) is -2.20. The Morgan fingerprint density at radius 3 is 2.35 bits per heavy atom. The average Bonchev–Trinajstić information content (AvgIpc) is 2.76. The number of anilines is 1. The summed E-state index contributed by atoms with van der Waals surface area (Å²) in [5, 5.41) is 2.50. The van der Waals surface area contributed by atoms with Crippen molar-refractivity contribution in [2.24, 2.45) is 5.73 Å². The Labute approximate surface area is 179 Å². The molecule has 0 saturated carbocycles. The van der Waals surface area contributed by atoms with Gasteiger partial charge in [0.25, 0.3) is 5.91 Å². The van der Waals surface area contributed by atoms with Gasteiger partial charge in [-0.25, -0.2) is 17.5 Å². The fourth-order valence-electron chi connectivity index (χ4n) is 2.81. The molecule has 0 unspecified atom stereocenters. The maximum Gasteiger partial charge on any atom is 0.255 e. The maximum atomic E-state index is 14.1. The molecule has 0 aromatic heterocycles. The topological polar surface area (TPSA) is 118 Å². The summed E-state index contributed by atoms with van der Waals surface area (Å²) in [6.45, 7) is 1.53. The van der Waals surface area contributed by atoms with Crippen molar-refractivity contribution < 1.29 is 22.4 Å². The molecule has 3 aromatic rings. The fourth-order valence-corrected chi connectivity index (χ4v) is 3.87. The molecule has 0 aliphatic rings. The van der Waals surface area contributed by atoms with Crippen molar-refractivity contribution in [3.8, 4) is 0 Å². The Balaban J connectivity index is 1.81. The number of nitrogens with two attached hydrogens (primary N) is 1. The smallest absolute Gasteiger partial charge is 0.255 e. The number of sulfonamides is 1. The summed E-state index contributed by atoms with van der Waals surface area (Å²) < 4.78 is 41.8. The standard InChI is InChI=1S/C22H20FN3O4S/c1-14-19(23)11-17(21(24)27)12-20(14)26-22(28)16-8-5-9-18(10-16)31(29,30)25-13-15-6-3-2-4-7-15/h2-12,25H,13H2,1H3,(H2,24,27)(H,26,28). The minimum Gasteiger partial charge on any atom is -0.366 e. The van der Waals surface area contributed by atoms with Crippen LogP contribution in [0.2, 0.25) is 0 Å². The van der Waals surface area contributed by atoms with Gasteiger partial charge in [-0.15, -0.1) is 0 Å². The second-order valence-corrected chi connectivity index (χ2v) is 8.55. The van der Waals surface area contributed by atoms with E-state index in [1.165, 1.54) is 37.3 Å². The third kappa shape index (κ3) is 5.33. The van der Waals surface area contributed by atoms with E-state index in [9.17, 15) is 22.4 Å². The van der Waals surface area contributed by atoms with E-state index in [4.69, 9.17) is 5.73 Å². The minimum absolute atomic E-state index is 0.0480. The second kappa shape index (κ2) is 9.07. The molecule has 0 aliphatic carbocycles. The maximum absolute atomic E-state index is 14.1. The van der Waals surface area contributed by atoms with Crippen LogP contribution in [-0.2, 0) is 16.6 Å². The monoisotopic (exact) mass is 441 g/mol. The zero-order valence-electron chi connectivity index (χ0n) is 16.6. The molecule has 4 N–H and O–H groups in total. The predicted octanol–water partition coefficient (Wildman–Crippen LogP) is 2.96. The van der Waals surface area contributed by atoms with Crippen LogP contribution in [0.4, 0.5) is 10.1 Å². The number of carbonyl (C=O) groups excluding carboxylic acids is 2. The first kappa shape index (κ1) is 22.1. The van der Waals surface area contributed by atoms with Crippen LogP contribution in [-0.4, -0.2) is 20.2 Å². The molecule has 0 saturated heterocycles. The molecule has 0 aliphatic heterocycles. The van der Waals surface area contributed by atoms with Gasteiger partial charge >= 0.3 is 0 Å². The van der Waals surface area contributed by atoms with Crippen molar-refractivity contribution in [2.45, 2.75) is 18.4 Å². The number of benzene rings is 3. The highest BCUT2D eigenvalue weighted by atomic mass is 32.2. The van der Waals surface area contributed by atoms with E-state index in [1.807, 2.05) is 6.07 Å². The van der Waals surface area contributed by atoms with Crippen LogP contribution in [0.3, 0.4) is 0 Å². The van der Waals surface area contributed by atoms with Crippen molar-refractivity contribution in [2.75, 3.05) is 5.32 Å². The third-order valence-corrected chi connectivity index (χ3v) is 5.99. The van der Waals surface area contributed by atoms with Crippen LogP contribution >= 0.6 is 0 Å². The number of primary amides is 1. The average molecular weight is 441 g/mol. The zero-order valence-corrected chi connectivity index (χ0v) is 17.4. The van der Waals surface area contributed by atoms with Crippen LogP contribution in [0.25, 0.3) is 0 Å². The van der Waals surface area contributed by atoms with E-state index < -0.39 is 27.7 Å². The van der Waals surface area contributed by atoms with E-state index in [0.717, 1.165) is 11.6 Å². The third-order valence-electron chi connectivity index (χ3n) is 4.59. The highest BCUT2D eigenvalue weighted by molar-refractivity contribution is 7.89. The van der Waals surface area contributed by atoms with E-state index in [-0.39, 0.29) is 33.8 Å². The quantitative estimate of drug-likeness (QED) is 0.522. The molecule has 31 heavy (non-hydrogen) atoms. The SMILES string of the molecule is Cc1c(F)cc(C(N)=O)cc1NC(=O)c1cccc(S(=O)(=O)NCc2ccccc2)c1. The Morgan fingerprint density at radius 2 is 1.68 bits per heavy atom. The lowest BCUT2D eigenvalue weighted by Crippen LogP contribution is -2.24. The van der Waals surface area contributed by atoms with Crippen LogP contribution in [0.1, 0.15) is 31.8 Å². The zero-order chi connectivity index (χ0) is 22.6. The van der Waals surface area contributed by atoms with Gasteiger partial charge in [0.2, 0.25) is 15.9 Å². The summed E-state index contributed by atoms with van der Waals surface area (Å²) in [6.07, 6.45) is 0. The number of hydrogen-bond acceptors (Lipinski definition) is 4. The van der Waals surface area contributed by atoms with Crippen molar-refractivity contribution in [3.63, 3.8) is 0 Å². The normalized spacial score (nSPS) is 11.2. The van der Waals surface area contributed by atoms with Crippen LogP contribution in [0.15, 0.2) is 71.6 Å². The summed E-state index contributed by atoms with van der Waals surface area (Å²) >= 11 is 0. The number of halogens is 1. The van der Waals surface area contributed by atoms with Gasteiger partial charge in [0.05, 0.1) is 4.90 Å². The van der Waals surface area contributed by atoms with Crippen molar-refractivity contribution in [3.05, 3.63) is 94.8 Å². The van der Waals surface area contributed by atoms with Gasteiger partial charge in [0.15, 0.2) is 0 Å². The van der Waals surface area contributed by atoms with Crippen molar-refractivity contribution in [1.29, 1.82) is 0 Å². The van der Waals surface area contributed by atoms with Crippen LogP contribution in [0.5, 0.6) is 0 Å². The molecule has 3 aromatic carbocycles. The Kier molecular flexibility index (Phi) is 6.47. The molecule has 0 heterocycles. The lowest BCUT2D eigenvalue weighted by Gasteiger charge is -2.12. The number of rotatable bonds is 7. The highest BCUT2D eigenvalue weighted by Gasteiger charge is 2.18. The molecule has 0 atom stereocenters. The molecule has 9 heteroatoms. The molecule has 3 rings (SSSR count). The highest BCUT2D eigenvalue weighted by Crippen LogP contribution is 2.22. The summed E-state index contributed by atoms with van der Waals surface area (Å²) in [6, 6.07) is 16.7. The van der Waals surface area contributed by atoms with Gasteiger partial charge in [0.1, 0.15) is 5.82 Å². The molecule has 160 valence electrons. The van der Waals surface area contributed by atoms with E-state index >= 15 is 0 Å². The van der Waals surface area contributed by atoms with E-state index in [1.54, 1.807) is 24.3 Å². The molecule has 7 nitrogen and oxygen atoms in total. The fraction of sp³-hybridized carbons (Fsp3) is 0.0909. The van der Waals surface area contributed by atoms with Gasteiger partial charge in [-0.3, -0.25) is 9.59 Å². The van der Waals surface area contributed by atoms with Gasteiger partial charge in [-0.1, -0.05) is 36.4 Å². The van der Waals surface area contributed by atoms with Crippen molar-refractivity contribution >= 4 is 27.5 Å². The first-order valence-electron chi connectivity index (χ1n) is 9.22. The molecular formula is C22H20FN3O4S. The number of amides is 2. The van der Waals surface area contributed by atoms with Crippen molar-refractivity contribution in [1.82, 2.24) is 4.72 Å². The molecule has 0 radical (unpaired) electrons. The molecule has 0 spiro atoms. The van der Waals surface area contributed by atoms with Crippen LogP contribution in [0, 0.1) is 12.7 Å². The van der Waals surface area contributed by atoms with E-state index in [0.29, 0.717) is 0 Å². The van der Waals surface area contributed by atoms with Gasteiger partial charge in [-0.05, 0) is 42.8 Å². The summed E-state index contributed by atoms with van der Waals surface area (Å²) in [4.78, 5) is 23.9. The molecular weight excluding hydrogens is 421 g/mol. The number of hydrogen-bond donors (Lipinski definition) is 3. The summed E-state index contributed by atoms with van der Waals surface area (Å²) in [5.41, 5.74) is 6.11. The Morgan fingerprint density at radius 1 is 0.968 bits per heavy atom. The van der Waals surface area contributed by atoms with Crippen LogP contribution < -0.4 is 15.8 Å². The lowest BCUT2D eigenvalue weighted by molar-refractivity contribution is 0.0995. The van der Waals surface area contributed by atoms with E-state index in [2.05, 4.69) is 10.0 Å². The second-order valence-electron chi connectivity index (χ2n) is 6.79. The molecule has 2 amide bonds. The number of nitrogens with one attached hydrogen (secondary N) is 2. The summed E-state index contributed by atoms with van der Waals surface area (Å²) in [7, 11) is -3.87. The van der Waals surface area contributed by atoms with Gasteiger partial charge in [0, 0.05) is 28.9 Å². The molecule has 0 fully saturated rings. The number of carbonyl (C=O) groups is 2. The molecule has 0 bridgehead atoms. The largest absolute Gasteiger partial charge is 0.366 e. The first-order chi connectivity index (χ1) is 14.7. The Bertz CT molecular complexity index is 1240. The predicted molar refractivity (Wildman–Crippen MR) is 115 cm³/mol. The lowest BCUT2D eigenvalue weighted by atomic mass is 10.1. The van der Waals surface area contributed by atoms with Gasteiger partial charge in [-0.2, -0.15) is 0 Å². The minimum atomic E-state index is -3.87. The Hall–Kier alpha value is -3.56. The van der Waals surface area contributed by atoms with Gasteiger partial charge < -0.3 is 11.1 Å². The first-order valence-corrected chi connectivity index (χ1v) is 10.7.